The Morgan fingerprint density at radius 3 is 2.52 bits per heavy atom. The van der Waals surface area contributed by atoms with Gasteiger partial charge in [0.1, 0.15) is 4.83 Å². The average Bonchev–Trinajstić information content (AvgIpc) is 3.03. The average molecular weight is 448 g/mol. The lowest BCUT2D eigenvalue weighted by Gasteiger charge is -2.23. The zero-order valence-corrected chi connectivity index (χ0v) is 20.2. The van der Waals surface area contributed by atoms with Gasteiger partial charge in [-0.1, -0.05) is 48.4 Å². The molecule has 0 atom stereocenters. The Hall–Kier alpha value is -2.37. The van der Waals surface area contributed by atoms with Crippen LogP contribution in [0.15, 0.2) is 63.4 Å². The number of aromatic nitrogens is 1. The fourth-order valence-electron chi connectivity index (χ4n) is 3.51. The number of nitrogens with zero attached hydrogens (tertiary/aromatic N) is 2. The first kappa shape index (κ1) is 21.8. The summed E-state index contributed by atoms with van der Waals surface area (Å²) in [5.74, 6) is 0. The predicted octanol–water partition coefficient (Wildman–Crippen LogP) is 7.98. The van der Waals surface area contributed by atoms with Gasteiger partial charge in [0.15, 0.2) is 0 Å². The van der Waals surface area contributed by atoms with Gasteiger partial charge >= 0.3 is 0 Å². The number of hydrogen-bond donors (Lipinski definition) is 1. The lowest BCUT2D eigenvalue weighted by atomic mass is 9.99. The Balaban J connectivity index is 1.93. The van der Waals surface area contributed by atoms with E-state index in [4.69, 9.17) is 10.7 Å². The molecule has 0 radical (unpaired) electrons. The summed E-state index contributed by atoms with van der Waals surface area (Å²) in [7, 11) is 0. The molecule has 1 aliphatic carbocycles. The van der Waals surface area contributed by atoms with Crippen molar-refractivity contribution in [1.82, 2.24) is 4.98 Å². The minimum Gasteiger partial charge on any atom is -0.397 e. The van der Waals surface area contributed by atoms with Crippen molar-refractivity contribution in [2.45, 2.75) is 56.4 Å². The van der Waals surface area contributed by atoms with E-state index in [-0.39, 0.29) is 0 Å². The fraction of sp³-hybridized carbons (Fsp3) is 0.308. The maximum Gasteiger partial charge on any atom is 0.127 e. The molecule has 160 valence electrons. The maximum absolute atomic E-state index is 6.71. The molecule has 0 amide bonds. The minimum absolute atomic E-state index is 0.693. The summed E-state index contributed by atoms with van der Waals surface area (Å²) in [4.78, 5) is 10.6. The number of thioether (sulfide) groups is 1. The molecule has 3 aromatic rings. The van der Waals surface area contributed by atoms with Gasteiger partial charge < -0.3 is 5.73 Å². The lowest BCUT2D eigenvalue weighted by Crippen LogP contribution is -2.12. The van der Waals surface area contributed by atoms with Crippen LogP contribution in [0.2, 0.25) is 0 Å². The molecule has 31 heavy (non-hydrogen) atoms. The largest absolute Gasteiger partial charge is 0.397 e. The molecule has 2 heterocycles. The predicted molar refractivity (Wildman–Crippen MR) is 139 cm³/mol. The Morgan fingerprint density at radius 2 is 1.90 bits per heavy atom. The second kappa shape index (κ2) is 9.41. The number of fused-ring (bicyclic) bond motifs is 1. The summed E-state index contributed by atoms with van der Waals surface area (Å²) in [5.41, 5.74) is 14.1. The smallest absolute Gasteiger partial charge is 0.127 e. The Bertz CT molecular complexity index is 1170. The van der Waals surface area contributed by atoms with Crippen molar-refractivity contribution in [3.8, 4) is 11.1 Å². The summed E-state index contributed by atoms with van der Waals surface area (Å²) in [5, 5.41) is 1.77. The maximum atomic E-state index is 6.71. The summed E-state index contributed by atoms with van der Waals surface area (Å²) in [6.45, 7) is 8.21. The number of rotatable bonds is 6. The third-order valence-electron chi connectivity index (χ3n) is 5.28. The van der Waals surface area contributed by atoms with Crippen molar-refractivity contribution in [2.24, 2.45) is 4.99 Å². The SMILES string of the molecule is CC(C)=C/C(=C\N=C(C)C)c1cc(-c2ccccc2)c2c(N)c(SC3CCC3)sc2n1. The molecule has 0 saturated heterocycles. The van der Waals surface area contributed by atoms with Crippen LogP contribution in [0.25, 0.3) is 26.9 Å². The lowest BCUT2D eigenvalue weighted by molar-refractivity contribution is 0.522. The highest BCUT2D eigenvalue weighted by Gasteiger charge is 2.24. The van der Waals surface area contributed by atoms with Crippen molar-refractivity contribution in [1.29, 1.82) is 0 Å². The van der Waals surface area contributed by atoms with Gasteiger partial charge in [0.2, 0.25) is 0 Å². The monoisotopic (exact) mass is 447 g/mol. The normalized spacial score (nSPS) is 14.4. The van der Waals surface area contributed by atoms with E-state index in [9.17, 15) is 0 Å². The van der Waals surface area contributed by atoms with E-state index in [0.29, 0.717) is 5.25 Å². The number of benzene rings is 1. The second-order valence-electron chi connectivity index (χ2n) is 8.46. The van der Waals surface area contributed by atoms with E-state index in [0.717, 1.165) is 44.0 Å². The highest BCUT2D eigenvalue weighted by Crippen LogP contribution is 2.48. The summed E-state index contributed by atoms with van der Waals surface area (Å²) < 4.78 is 1.21. The van der Waals surface area contributed by atoms with Crippen LogP contribution in [0.1, 0.15) is 52.7 Å². The third kappa shape index (κ3) is 4.94. The van der Waals surface area contributed by atoms with E-state index in [1.807, 2.05) is 37.9 Å². The van der Waals surface area contributed by atoms with E-state index in [1.54, 1.807) is 11.3 Å². The number of thiophene rings is 1. The minimum atomic E-state index is 0.693. The molecule has 1 saturated carbocycles. The molecule has 0 unspecified atom stereocenters. The summed E-state index contributed by atoms with van der Waals surface area (Å²) in [6, 6.07) is 12.7. The first-order chi connectivity index (χ1) is 14.9. The zero-order valence-electron chi connectivity index (χ0n) is 18.6. The van der Waals surface area contributed by atoms with E-state index >= 15 is 0 Å². The molecular formula is C26H29N3S2. The number of anilines is 1. The Labute approximate surface area is 193 Å². The van der Waals surface area contributed by atoms with Crippen LogP contribution >= 0.6 is 23.1 Å². The number of pyridine rings is 1. The van der Waals surface area contributed by atoms with Gasteiger partial charge in [-0.05, 0) is 57.7 Å². The quantitative estimate of drug-likeness (QED) is 0.308. The Kier molecular flexibility index (Phi) is 6.63. The van der Waals surface area contributed by atoms with Crippen molar-refractivity contribution >= 4 is 50.3 Å². The van der Waals surface area contributed by atoms with Crippen molar-refractivity contribution in [3.63, 3.8) is 0 Å². The first-order valence-corrected chi connectivity index (χ1v) is 12.4. The van der Waals surface area contributed by atoms with Crippen LogP contribution < -0.4 is 5.73 Å². The molecule has 5 heteroatoms. The van der Waals surface area contributed by atoms with Crippen molar-refractivity contribution < 1.29 is 0 Å². The fourth-order valence-corrected chi connectivity index (χ4v) is 6.30. The first-order valence-electron chi connectivity index (χ1n) is 10.7. The highest BCUT2D eigenvalue weighted by molar-refractivity contribution is 8.02. The van der Waals surface area contributed by atoms with Gasteiger partial charge in [-0.15, -0.1) is 23.1 Å². The van der Waals surface area contributed by atoms with E-state index in [2.05, 4.69) is 55.2 Å². The van der Waals surface area contributed by atoms with Gasteiger partial charge in [-0.25, -0.2) is 4.98 Å². The molecule has 2 aromatic heterocycles. The molecule has 0 bridgehead atoms. The van der Waals surface area contributed by atoms with Gasteiger partial charge in [0.25, 0.3) is 0 Å². The third-order valence-corrected chi connectivity index (χ3v) is 7.95. The molecule has 2 N–H and O–H groups in total. The molecule has 0 spiro atoms. The molecule has 0 aliphatic heterocycles. The van der Waals surface area contributed by atoms with Crippen molar-refractivity contribution in [3.05, 3.63) is 59.9 Å². The molecule has 1 aromatic carbocycles. The molecular weight excluding hydrogens is 418 g/mol. The zero-order chi connectivity index (χ0) is 22.0. The molecule has 4 rings (SSSR count). The van der Waals surface area contributed by atoms with Gasteiger partial charge in [0, 0.05) is 28.1 Å². The highest BCUT2D eigenvalue weighted by atomic mass is 32.2. The number of hydrogen-bond acceptors (Lipinski definition) is 5. The van der Waals surface area contributed by atoms with E-state index in [1.165, 1.54) is 29.0 Å². The van der Waals surface area contributed by atoms with Crippen molar-refractivity contribution in [2.75, 3.05) is 5.73 Å². The van der Waals surface area contributed by atoms with E-state index < -0.39 is 0 Å². The Morgan fingerprint density at radius 1 is 1.16 bits per heavy atom. The van der Waals surface area contributed by atoms with Crippen LogP contribution in [0, 0.1) is 0 Å². The van der Waals surface area contributed by atoms with Gasteiger partial charge in [-0.2, -0.15) is 0 Å². The molecule has 1 aliphatic rings. The van der Waals surface area contributed by atoms with Gasteiger partial charge in [0.05, 0.1) is 15.6 Å². The number of nitrogen functional groups attached to an aromatic ring is 1. The standard InChI is InChI=1S/C26H29N3S2/c1-16(2)13-19(15-28-17(3)4)22-14-21(18-9-6-5-7-10-18)23-24(27)26(31-25(23)29-22)30-20-11-8-12-20/h5-7,9-10,13-15,20H,8,11-12,27H2,1-4H3/b19-15+. The number of allylic oxidation sites excluding steroid dienone is 3. The van der Waals surface area contributed by atoms with Crippen LogP contribution in [0.5, 0.6) is 0 Å². The second-order valence-corrected chi connectivity index (χ2v) is 11.0. The van der Waals surface area contributed by atoms with Gasteiger partial charge in [-0.3, -0.25) is 4.99 Å². The number of nitrogens with two attached hydrogens (primary N) is 1. The number of aliphatic imine (C=N–C) groups is 1. The summed E-state index contributed by atoms with van der Waals surface area (Å²) in [6.07, 6.45) is 7.96. The molecule has 3 nitrogen and oxygen atoms in total. The summed E-state index contributed by atoms with van der Waals surface area (Å²) >= 11 is 3.66. The van der Waals surface area contributed by atoms with Crippen LogP contribution in [0.4, 0.5) is 5.69 Å². The van der Waals surface area contributed by atoms with Crippen LogP contribution in [-0.4, -0.2) is 15.9 Å². The van der Waals surface area contributed by atoms with Crippen LogP contribution in [0.3, 0.4) is 0 Å². The topological polar surface area (TPSA) is 51.3 Å². The molecule has 1 fully saturated rings. The van der Waals surface area contributed by atoms with Crippen LogP contribution in [-0.2, 0) is 0 Å².